The summed E-state index contributed by atoms with van der Waals surface area (Å²) in [7, 11) is 1.74. The molecule has 0 aromatic heterocycles. The first kappa shape index (κ1) is 16.3. The van der Waals surface area contributed by atoms with Gasteiger partial charge in [-0.15, -0.1) is 0 Å². The average Bonchev–Trinajstić information content (AvgIpc) is 3.16. The molecular weight excluding hydrogens is 304 g/mol. The zero-order chi connectivity index (χ0) is 16.4. The molecule has 1 saturated carbocycles. The molecule has 0 spiro atoms. The van der Waals surface area contributed by atoms with Gasteiger partial charge in [0.2, 0.25) is 0 Å². The summed E-state index contributed by atoms with van der Waals surface area (Å²) in [4.78, 5) is 2.69. The van der Waals surface area contributed by atoms with Crippen LogP contribution in [-0.4, -0.2) is 56.7 Å². The molecule has 3 aliphatic rings. The number of hydrogen-bond donors (Lipinski definition) is 1. The maximum absolute atomic E-state index is 5.54. The lowest BCUT2D eigenvalue weighted by atomic mass is 9.99. The summed E-state index contributed by atoms with van der Waals surface area (Å²) < 4.78 is 16.5. The van der Waals surface area contributed by atoms with Crippen molar-refractivity contribution >= 4 is 0 Å². The summed E-state index contributed by atoms with van der Waals surface area (Å²) in [6.07, 6.45) is 4.79. The molecule has 2 heterocycles. The molecule has 3 fully saturated rings. The van der Waals surface area contributed by atoms with Crippen molar-refractivity contribution in [2.45, 2.75) is 50.1 Å². The lowest BCUT2D eigenvalue weighted by Gasteiger charge is -2.29. The van der Waals surface area contributed by atoms with E-state index in [2.05, 4.69) is 28.4 Å². The van der Waals surface area contributed by atoms with Crippen molar-refractivity contribution in [1.82, 2.24) is 10.2 Å². The number of rotatable bonds is 7. The summed E-state index contributed by atoms with van der Waals surface area (Å²) in [5.74, 6) is 0.946. The number of benzene rings is 1. The lowest BCUT2D eigenvalue weighted by Crippen LogP contribution is -2.38. The summed E-state index contributed by atoms with van der Waals surface area (Å²) in [6.45, 7) is 3.58. The number of likely N-dealkylation sites (tertiary alicyclic amines) is 1. The minimum Gasteiger partial charge on any atom is -0.497 e. The Labute approximate surface area is 144 Å². The molecule has 24 heavy (non-hydrogen) atoms. The van der Waals surface area contributed by atoms with E-state index in [0.29, 0.717) is 12.1 Å². The lowest BCUT2D eigenvalue weighted by molar-refractivity contribution is -0.0464. The van der Waals surface area contributed by atoms with Gasteiger partial charge in [-0.2, -0.15) is 0 Å². The Bertz CT molecular complexity index is 543. The van der Waals surface area contributed by atoms with E-state index in [1.54, 1.807) is 7.11 Å². The van der Waals surface area contributed by atoms with Crippen molar-refractivity contribution in [1.29, 1.82) is 0 Å². The molecule has 1 aromatic carbocycles. The highest BCUT2D eigenvalue weighted by Gasteiger charge is 2.42. The van der Waals surface area contributed by atoms with Gasteiger partial charge in [-0.05, 0) is 37.0 Å². The van der Waals surface area contributed by atoms with Crippen LogP contribution in [0.2, 0.25) is 0 Å². The van der Waals surface area contributed by atoms with Crippen LogP contribution in [0.3, 0.4) is 0 Å². The fraction of sp³-hybridized carbons (Fsp3) is 0.684. The molecule has 0 amide bonds. The smallest absolute Gasteiger partial charge is 0.159 e. The molecule has 4 rings (SSSR count). The van der Waals surface area contributed by atoms with Crippen LogP contribution in [0, 0.1) is 0 Å². The number of hydrogen-bond acceptors (Lipinski definition) is 5. The molecule has 5 heteroatoms. The summed E-state index contributed by atoms with van der Waals surface area (Å²) >= 11 is 0. The predicted molar refractivity (Wildman–Crippen MR) is 92.2 cm³/mol. The van der Waals surface area contributed by atoms with Crippen LogP contribution < -0.4 is 10.1 Å². The van der Waals surface area contributed by atoms with E-state index in [9.17, 15) is 0 Å². The Morgan fingerprint density at radius 1 is 1.21 bits per heavy atom. The Morgan fingerprint density at radius 3 is 2.79 bits per heavy atom. The van der Waals surface area contributed by atoms with Gasteiger partial charge in [-0.3, -0.25) is 4.90 Å². The largest absolute Gasteiger partial charge is 0.497 e. The third-order valence-electron chi connectivity index (χ3n) is 5.37. The van der Waals surface area contributed by atoms with Gasteiger partial charge in [0.25, 0.3) is 0 Å². The molecule has 2 atom stereocenters. The van der Waals surface area contributed by atoms with Crippen LogP contribution in [0.1, 0.15) is 37.3 Å². The normalized spacial score (nSPS) is 28.5. The van der Waals surface area contributed by atoms with Crippen LogP contribution >= 0.6 is 0 Å². The van der Waals surface area contributed by atoms with Gasteiger partial charge in [0.05, 0.1) is 26.4 Å². The molecule has 1 aliphatic carbocycles. The molecule has 2 saturated heterocycles. The topological polar surface area (TPSA) is 43.0 Å². The number of ether oxygens (including phenoxy) is 3. The standard InChI is InChI=1S/C19H28N2O3/c1-22-16-4-2-3-14(13-16)19-17(8-10-21(19)15-5-6-15)20-9-7-18-23-11-12-24-18/h2-4,13,15,17-20H,5-12H2,1H3/t17-,19-/m0/s1. The highest BCUT2D eigenvalue weighted by atomic mass is 16.7. The van der Waals surface area contributed by atoms with E-state index in [1.807, 2.05) is 6.07 Å². The number of nitrogens with one attached hydrogen (secondary N) is 1. The van der Waals surface area contributed by atoms with Crippen molar-refractivity contribution in [3.8, 4) is 5.75 Å². The second-order valence-corrected chi connectivity index (χ2v) is 7.00. The molecule has 5 nitrogen and oxygen atoms in total. The van der Waals surface area contributed by atoms with E-state index >= 15 is 0 Å². The van der Waals surface area contributed by atoms with E-state index in [1.165, 1.54) is 31.4 Å². The van der Waals surface area contributed by atoms with E-state index in [-0.39, 0.29) is 6.29 Å². The molecule has 0 radical (unpaired) electrons. The van der Waals surface area contributed by atoms with E-state index in [4.69, 9.17) is 14.2 Å². The van der Waals surface area contributed by atoms with Crippen molar-refractivity contribution in [3.05, 3.63) is 29.8 Å². The first-order valence-corrected chi connectivity index (χ1v) is 9.21. The second kappa shape index (κ2) is 7.40. The Morgan fingerprint density at radius 2 is 2.04 bits per heavy atom. The minimum absolute atomic E-state index is 0.0197. The summed E-state index contributed by atoms with van der Waals surface area (Å²) in [5.41, 5.74) is 1.37. The maximum Gasteiger partial charge on any atom is 0.159 e. The molecule has 1 N–H and O–H groups in total. The first-order chi connectivity index (χ1) is 11.8. The highest BCUT2D eigenvalue weighted by molar-refractivity contribution is 5.32. The highest BCUT2D eigenvalue weighted by Crippen LogP contribution is 2.41. The number of nitrogens with zero attached hydrogens (tertiary/aromatic N) is 1. The summed E-state index contributed by atoms with van der Waals surface area (Å²) in [5, 5.41) is 3.76. The molecule has 0 unspecified atom stereocenters. The van der Waals surface area contributed by atoms with Gasteiger partial charge in [-0.25, -0.2) is 0 Å². The van der Waals surface area contributed by atoms with E-state index in [0.717, 1.165) is 38.0 Å². The minimum atomic E-state index is -0.0197. The van der Waals surface area contributed by atoms with Gasteiger partial charge in [-0.1, -0.05) is 12.1 Å². The third kappa shape index (κ3) is 3.59. The van der Waals surface area contributed by atoms with Crippen LogP contribution in [-0.2, 0) is 9.47 Å². The molecule has 1 aromatic rings. The predicted octanol–water partition coefficient (Wildman–Crippen LogP) is 2.33. The Balaban J connectivity index is 1.43. The number of methoxy groups -OCH3 is 1. The SMILES string of the molecule is COc1cccc([C@H]2[C@@H](NCCC3OCCO3)CCN2C2CC2)c1. The fourth-order valence-corrected chi connectivity index (χ4v) is 4.06. The van der Waals surface area contributed by atoms with Gasteiger partial charge >= 0.3 is 0 Å². The maximum atomic E-state index is 5.54. The van der Waals surface area contributed by atoms with Gasteiger partial charge in [0.15, 0.2) is 6.29 Å². The fourth-order valence-electron chi connectivity index (χ4n) is 4.06. The van der Waals surface area contributed by atoms with Crippen LogP contribution in [0.25, 0.3) is 0 Å². The molecule has 2 aliphatic heterocycles. The average molecular weight is 332 g/mol. The molecular formula is C19H28N2O3. The van der Waals surface area contributed by atoms with Gasteiger partial charge in [0.1, 0.15) is 5.75 Å². The zero-order valence-corrected chi connectivity index (χ0v) is 14.4. The van der Waals surface area contributed by atoms with Crippen molar-refractivity contribution < 1.29 is 14.2 Å². The Kier molecular flexibility index (Phi) is 5.03. The van der Waals surface area contributed by atoms with Gasteiger partial charge in [0, 0.05) is 31.6 Å². The molecule has 132 valence electrons. The Hall–Kier alpha value is -1.14. The monoisotopic (exact) mass is 332 g/mol. The van der Waals surface area contributed by atoms with Crippen LogP contribution in [0.4, 0.5) is 0 Å². The van der Waals surface area contributed by atoms with Crippen molar-refractivity contribution in [3.63, 3.8) is 0 Å². The first-order valence-electron chi connectivity index (χ1n) is 9.21. The van der Waals surface area contributed by atoms with Crippen molar-refractivity contribution in [2.75, 3.05) is 33.4 Å². The van der Waals surface area contributed by atoms with E-state index < -0.39 is 0 Å². The van der Waals surface area contributed by atoms with Crippen LogP contribution in [0.5, 0.6) is 5.75 Å². The van der Waals surface area contributed by atoms with Crippen LogP contribution in [0.15, 0.2) is 24.3 Å². The second-order valence-electron chi connectivity index (χ2n) is 7.00. The van der Waals surface area contributed by atoms with Crippen molar-refractivity contribution in [2.24, 2.45) is 0 Å². The summed E-state index contributed by atoms with van der Waals surface area (Å²) in [6, 6.07) is 10.3. The molecule has 0 bridgehead atoms. The quantitative estimate of drug-likeness (QED) is 0.830. The van der Waals surface area contributed by atoms with Gasteiger partial charge < -0.3 is 19.5 Å². The zero-order valence-electron chi connectivity index (χ0n) is 14.4. The third-order valence-corrected chi connectivity index (χ3v) is 5.37.